The molecule has 0 fully saturated rings. The molecule has 0 aliphatic heterocycles. The van der Waals surface area contributed by atoms with Crippen molar-refractivity contribution >= 4 is 17.4 Å². The molecule has 1 aromatic carbocycles. The number of amidine groups is 1. The van der Waals surface area contributed by atoms with Crippen LogP contribution in [0.4, 0.5) is 4.39 Å². The van der Waals surface area contributed by atoms with Crippen LogP contribution in [0.25, 0.3) is 0 Å². The van der Waals surface area contributed by atoms with Gasteiger partial charge >= 0.3 is 0 Å². The zero-order valence-electron chi connectivity index (χ0n) is 10.7. The molecule has 100 valence electrons. The van der Waals surface area contributed by atoms with E-state index in [2.05, 4.69) is 0 Å². The number of nitrogens with two attached hydrogens (primary N) is 1. The molecule has 3 N–H and O–H groups in total. The fourth-order valence-electron chi connectivity index (χ4n) is 1.70. The lowest BCUT2D eigenvalue weighted by atomic mass is 10.1. The van der Waals surface area contributed by atoms with Gasteiger partial charge in [0, 0.05) is 24.6 Å². The van der Waals surface area contributed by atoms with Gasteiger partial charge in [-0.05, 0) is 12.6 Å². The monoisotopic (exact) mass is 271 g/mol. The van der Waals surface area contributed by atoms with Gasteiger partial charge in [-0.25, -0.2) is 4.39 Å². The van der Waals surface area contributed by atoms with Gasteiger partial charge < -0.3 is 5.73 Å². The highest BCUT2D eigenvalue weighted by Crippen LogP contribution is 2.19. The van der Waals surface area contributed by atoms with E-state index < -0.39 is 0 Å². The summed E-state index contributed by atoms with van der Waals surface area (Å²) in [4.78, 5) is 2.04. The second-order valence-corrected chi connectivity index (χ2v) is 4.80. The summed E-state index contributed by atoms with van der Waals surface area (Å²) in [5.74, 6) is -0.250. The number of nitrogens with one attached hydrogen (secondary N) is 1. The fraction of sp³-hybridized carbons (Fsp3) is 0.462. The van der Waals surface area contributed by atoms with Crippen LogP contribution in [0.5, 0.6) is 0 Å². The maximum Gasteiger partial charge on any atom is 0.146 e. The number of nitrogens with zero attached hydrogens (tertiary/aromatic N) is 1. The van der Waals surface area contributed by atoms with Gasteiger partial charge in [0.25, 0.3) is 0 Å². The van der Waals surface area contributed by atoms with Gasteiger partial charge in [0.2, 0.25) is 0 Å². The third kappa shape index (κ3) is 3.96. The van der Waals surface area contributed by atoms with Gasteiger partial charge in [0.15, 0.2) is 0 Å². The molecule has 0 saturated heterocycles. The number of rotatable bonds is 6. The van der Waals surface area contributed by atoms with E-state index in [1.54, 1.807) is 12.1 Å². The second-order valence-electron chi connectivity index (χ2n) is 4.40. The van der Waals surface area contributed by atoms with Crippen LogP contribution in [0.3, 0.4) is 0 Å². The van der Waals surface area contributed by atoms with Crippen molar-refractivity contribution in [1.82, 2.24) is 4.90 Å². The molecule has 0 radical (unpaired) electrons. The minimum Gasteiger partial charge on any atom is -0.387 e. The lowest BCUT2D eigenvalue weighted by Gasteiger charge is -2.24. The molecular weight excluding hydrogens is 253 g/mol. The molecule has 0 aliphatic carbocycles. The molecule has 0 spiro atoms. The van der Waals surface area contributed by atoms with Gasteiger partial charge in [-0.3, -0.25) is 10.3 Å². The second kappa shape index (κ2) is 6.71. The van der Waals surface area contributed by atoms with Gasteiger partial charge in [-0.1, -0.05) is 37.6 Å². The van der Waals surface area contributed by atoms with Gasteiger partial charge in [-0.2, -0.15) is 0 Å². The third-order valence-electron chi connectivity index (χ3n) is 2.94. The molecule has 1 rings (SSSR count). The Kier molecular flexibility index (Phi) is 5.56. The molecular formula is C13H19ClFN3. The molecule has 0 bridgehead atoms. The Bertz CT molecular complexity index is 423. The maximum atomic E-state index is 13.8. The summed E-state index contributed by atoms with van der Waals surface area (Å²) in [5.41, 5.74) is 6.02. The topological polar surface area (TPSA) is 53.1 Å². The van der Waals surface area contributed by atoms with Gasteiger partial charge in [-0.15, -0.1) is 0 Å². The van der Waals surface area contributed by atoms with Crippen molar-refractivity contribution in [2.45, 2.75) is 20.4 Å². The number of hydrogen-bond acceptors (Lipinski definition) is 2. The maximum absolute atomic E-state index is 13.8. The van der Waals surface area contributed by atoms with E-state index in [4.69, 9.17) is 22.7 Å². The van der Waals surface area contributed by atoms with E-state index in [0.29, 0.717) is 18.7 Å². The standard InChI is InChI=1S/C13H19ClFN3/c1-3-18(7-9(2)13(16)17)8-10-5-4-6-11(14)12(10)15/h4-6,9H,3,7-8H2,1-2H3,(H3,16,17). The van der Waals surface area contributed by atoms with Crippen molar-refractivity contribution in [3.05, 3.63) is 34.6 Å². The summed E-state index contributed by atoms with van der Waals surface area (Å²) in [5, 5.41) is 7.52. The largest absolute Gasteiger partial charge is 0.387 e. The van der Waals surface area contributed by atoms with Crippen molar-refractivity contribution in [3.63, 3.8) is 0 Å². The molecule has 1 aromatic rings. The van der Waals surface area contributed by atoms with Crippen molar-refractivity contribution < 1.29 is 4.39 Å². The highest BCUT2D eigenvalue weighted by molar-refractivity contribution is 6.30. The smallest absolute Gasteiger partial charge is 0.146 e. The average molecular weight is 272 g/mol. The molecule has 0 aliphatic rings. The number of benzene rings is 1. The van der Waals surface area contributed by atoms with Crippen molar-refractivity contribution in [2.24, 2.45) is 11.7 Å². The Labute approximate surface area is 112 Å². The lowest BCUT2D eigenvalue weighted by molar-refractivity contribution is 0.259. The first-order valence-electron chi connectivity index (χ1n) is 5.94. The molecule has 5 heteroatoms. The Morgan fingerprint density at radius 1 is 1.56 bits per heavy atom. The Morgan fingerprint density at radius 3 is 2.78 bits per heavy atom. The number of hydrogen-bond donors (Lipinski definition) is 2. The summed E-state index contributed by atoms with van der Waals surface area (Å²) >= 11 is 5.75. The minimum atomic E-state index is -0.368. The predicted molar refractivity (Wildman–Crippen MR) is 73.4 cm³/mol. The molecule has 0 amide bonds. The van der Waals surface area contributed by atoms with Crippen LogP contribution >= 0.6 is 11.6 Å². The Hall–Kier alpha value is -1.13. The molecule has 1 unspecified atom stereocenters. The lowest BCUT2D eigenvalue weighted by Crippen LogP contribution is -2.34. The third-order valence-corrected chi connectivity index (χ3v) is 3.23. The molecule has 0 aromatic heterocycles. The summed E-state index contributed by atoms with van der Waals surface area (Å²) in [6.07, 6.45) is 0. The van der Waals surface area contributed by atoms with Gasteiger partial charge in [0.05, 0.1) is 10.9 Å². The van der Waals surface area contributed by atoms with E-state index >= 15 is 0 Å². The van der Waals surface area contributed by atoms with E-state index in [1.807, 2.05) is 18.7 Å². The zero-order valence-corrected chi connectivity index (χ0v) is 11.5. The average Bonchev–Trinajstić information content (AvgIpc) is 2.33. The Morgan fingerprint density at radius 2 is 2.22 bits per heavy atom. The van der Waals surface area contributed by atoms with E-state index in [0.717, 1.165) is 6.54 Å². The molecule has 1 atom stereocenters. The van der Waals surface area contributed by atoms with Crippen LogP contribution in [0.1, 0.15) is 19.4 Å². The summed E-state index contributed by atoms with van der Waals surface area (Å²) in [6, 6.07) is 5.00. The quantitative estimate of drug-likeness (QED) is 0.617. The highest BCUT2D eigenvalue weighted by Gasteiger charge is 2.14. The van der Waals surface area contributed by atoms with Crippen molar-refractivity contribution in [3.8, 4) is 0 Å². The zero-order chi connectivity index (χ0) is 13.7. The Balaban J connectivity index is 2.74. The SMILES string of the molecule is CCN(Cc1cccc(Cl)c1F)CC(C)C(=N)N. The summed E-state index contributed by atoms with van der Waals surface area (Å²) < 4.78 is 13.8. The minimum absolute atomic E-state index is 0.0350. The van der Waals surface area contributed by atoms with E-state index in [9.17, 15) is 4.39 Å². The summed E-state index contributed by atoms with van der Waals surface area (Å²) in [6.45, 7) is 5.76. The van der Waals surface area contributed by atoms with Crippen molar-refractivity contribution in [1.29, 1.82) is 5.41 Å². The van der Waals surface area contributed by atoms with Crippen molar-refractivity contribution in [2.75, 3.05) is 13.1 Å². The van der Waals surface area contributed by atoms with Crippen LogP contribution < -0.4 is 5.73 Å². The van der Waals surface area contributed by atoms with Crippen LogP contribution in [-0.2, 0) is 6.54 Å². The van der Waals surface area contributed by atoms with Crippen LogP contribution in [0.15, 0.2) is 18.2 Å². The fourth-order valence-corrected chi connectivity index (χ4v) is 1.90. The molecule has 18 heavy (non-hydrogen) atoms. The normalized spacial score (nSPS) is 12.7. The summed E-state index contributed by atoms with van der Waals surface area (Å²) in [7, 11) is 0. The molecule has 0 heterocycles. The van der Waals surface area contributed by atoms with E-state index in [1.165, 1.54) is 6.07 Å². The first kappa shape index (κ1) is 14.9. The van der Waals surface area contributed by atoms with E-state index in [-0.39, 0.29) is 22.6 Å². The van der Waals surface area contributed by atoms with Crippen LogP contribution in [-0.4, -0.2) is 23.8 Å². The van der Waals surface area contributed by atoms with Crippen LogP contribution in [0.2, 0.25) is 5.02 Å². The molecule has 3 nitrogen and oxygen atoms in total. The highest BCUT2D eigenvalue weighted by atomic mass is 35.5. The van der Waals surface area contributed by atoms with Gasteiger partial charge in [0.1, 0.15) is 5.82 Å². The molecule has 0 saturated carbocycles. The first-order chi connectivity index (χ1) is 8.45. The predicted octanol–water partition coefficient (Wildman–Crippen LogP) is 2.87. The van der Waals surface area contributed by atoms with Crippen LogP contribution in [0, 0.1) is 17.1 Å². The first-order valence-corrected chi connectivity index (χ1v) is 6.32. The number of halogens is 2.